The number of carbonyl (C=O) groups excluding carboxylic acids is 1. The van der Waals surface area contributed by atoms with Crippen molar-refractivity contribution in [2.75, 3.05) is 13.1 Å². The highest BCUT2D eigenvalue weighted by Gasteiger charge is 2.16. The highest BCUT2D eigenvalue weighted by molar-refractivity contribution is 5.79. The molecule has 1 atom stereocenters. The van der Waals surface area contributed by atoms with Gasteiger partial charge in [-0.2, -0.15) is 0 Å². The van der Waals surface area contributed by atoms with Crippen molar-refractivity contribution >= 4 is 5.91 Å². The molecule has 0 bridgehead atoms. The molecular formula is C11H17N3O. The highest BCUT2D eigenvalue weighted by Crippen LogP contribution is 2.06. The maximum Gasteiger partial charge on any atom is 0.224 e. The molecule has 0 radical (unpaired) electrons. The number of pyridine rings is 1. The van der Waals surface area contributed by atoms with E-state index >= 15 is 0 Å². The van der Waals surface area contributed by atoms with Crippen LogP contribution in [0.4, 0.5) is 0 Å². The van der Waals surface area contributed by atoms with Gasteiger partial charge >= 0.3 is 0 Å². The van der Waals surface area contributed by atoms with Crippen LogP contribution in [0.1, 0.15) is 12.5 Å². The molecule has 0 aliphatic heterocycles. The van der Waals surface area contributed by atoms with Crippen molar-refractivity contribution in [3.05, 3.63) is 30.1 Å². The Hall–Kier alpha value is -1.42. The predicted octanol–water partition coefficient (Wildman–Crippen LogP) is 0.335. The Bertz CT molecular complexity index is 300. The van der Waals surface area contributed by atoms with Crippen LogP contribution in [0.25, 0.3) is 0 Å². The van der Waals surface area contributed by atoms with E-state index in [9.17, 15) is 4.79 Å². The summed E-state index contributed by atoms with van der Waals surface area (Å²) in [5.74, 6) is -0.141. The maximum absolute atomic E-state index is 11.6. The Balaban J connectivity index is 2.58. The van der Waals surface area contributed by atoms with Gasteiger partial charge in [-0.05, 0) is 25.0 Å². The van der Waals surface area contributed by atoms with Crippen LogP contribution in [0.2, 0.25) is 0 Å². The van der Waals surface area contributed by atoms with E-state index in [1.807, 2.05) is 19.1 Å². The average molecular weight is 207 g/mol. The van der Waals surface area contributed by atoms with Crippen LogP contribution in [0.3, 0.4) is 0 Å². The van der Waals surface area contributed by atoms with Gasteiger partial charge in [0, 0.05) is 25.5 Å². The molecule has 0 aliphatic rings. The molecule has 15 heavy (non-hydrogen) atoms. The highest BCUT2D eigenvalue weighted by atomic mass is 16.1. The molecule has 0 aromatic carbocycles. The fourth-order valence-corrected chi connectivity index (χ4v) is 1.41. The third-order valence-corrected chi connectivity index (χ3v) is 2.21. The molecule has 0 saturated carbocycles. The standard InChI is InChI=1S/C11H17N3O/c1-2-14-11(15)10(7-12)6-9-4-3-5-13-8-9/h3-5,8,10H,2,6-7,12H2,1H3,(H,14,15). The van der Waals surface area contributed by atoms with Gasteiger partial charge in [-0.15, -0.1) is 0 Å². The van der Waals surface area contributed by atoms with Gasteiger partial charge in [-0.25, -0.2) is 0 Å². The van der Waals surface area contributed by atoms with Crippen LogP contribution in [0.5, 0.6) is 0 Å². The fraction of sp³-hybridized carbons (Fsp3) is 0.455. The number of nitrogens with one attached hydrogen (secondary N) is 1. The van der Waals surface area contributed by atoms with Gasteiger partial charge in [0.15, 0.2) is 0 Å². The monoisotopic (exact) mass is 207 g/mol. The van der Waals surface area contributed by atoms with Crippen molar-refractivity contribution in [2.24, 2.45) is 11.7 Å². The Morgan fingerprint density at radius 2 is 2.47 bits per heavy atom. The van der Waals surface area contributed by atoms with Crippen LogP contribution in [0, 0.1) is 5.92 Å². The number of rotatable bonds is 5. The largest absolute Gasteiger partial charge is 0.356 e. The summed E-state index contributed by atoms with van der Waals surface area (Å²) in [6, 6.07) is 3.82. The SMILES string of the molecule is CCNC(=O)C(CN)Cc1cccnc1. The molecule has 0 fully saturated rings. The topological polar surface area (TPSA) is 68.0 Å². The first-order valence-electron chi connectivity index (χ1n) is 5.14. The third-order valence-electron chi connectivity index (χ3n) is 2.21. The van der Waals surface area contributed by atoms with E-state index in [1.54, 1.807) is 12.4 Å². The lowest BCUT2D eigenvalue weighted by Crippen LogP contribution is -2.36. The predicted molar refractivity (Wildman–Crippen MR) is 59.2 cm³/mol. The van der Waals surface area contributed by atoms with Crippen molar-refractivity contribution < 1.29 is 4.79 Å². The Morgan fingerprint density at radius 3 is 3.00 bits per heavy atom. The molecule has 1 aromatic heterocycles. The summed E-state index contributed by atoms with van der Waals surface area (Å²) < 4.78 is 0. The normalized spacial score (nSPS) is 12.1. The number of nitrogens with two attached hydrogens (primary N) is 1. The van der Waals surface area contributed by atoms with Crippen molar-refractivity contribution in [2.45, 2.75) is 13.3 Å². The van der Waals surface area contributed by atoms with E-state index < -0.39 is 0 Å². The Morgan fingerprint density at radius 1 is 1.67 bits per heavy atom. The minimum Gasteiger partial charge on any atom is -0.356 e. The molecule has 1 rings (SSSR count). The second-order valence-electron chi connectivity index (χ2n) is 3.39. The van der Waals surface area contributed by atoms with Crippen LogP contribution < -0.4 is 11.1 Å². The minimum absolute atomic E-state index is 0.0175. The Kier molecular flexibility index (Phi) is 4.77. The van der Waals surface area contributed by atoms with Crippen molar-refractivity contribution in [1.82, 2.24) is 10.3 Å². The zero-order valence-corrected chi connectivity index (χ0v) is 8.94. The van der Waals surface area contributed by atoms with Crippen LogP contribution >= 0.6 is 0 Å². The fourth-order valence-electron chi connectivity index (χ4n) is 1.41. The first-order valence-corrected chi connectivity index (χ1v) is 5.14. The molecular weight excluding hydrogens is 190 g/mol. The number of amides is 1. The van der Waals surface area contributed by atoms with E-state index in [0.29, 0.717) is 19.5 Å². The lowest BCUT2D eigenvalue weighted by Gasteiger charge is -2.13. The van der Waals surface area contributed by atoms with Gasteiger partial charge in [-0.3, -0.25) is 9.78 Å². The van der Waals surface area contributed by atoms with E-state index in [1.165, 1.54) is 0 Å². The first-order chi connectivity index (χ1) is 7.27. The summed E-state index contributed by atoms with van der Waals surface area (Å²) in [7, 11) is 0. The van der Waals surface area contributed by atoms with Crippen molar-refractivity contribution in [3.8, 4) is 0 Å². The number of hydrogen-bond acceptors (Lipinski definition) is 3. The number of aromatic nitrogens is 1. The molecule has 1 unspecified atom stereocenters. The Labute approximate surface area is 89.9 Å². The molecule has 1 aromatic rings. The second-order valence-corrected chi connectivity index (χ2v) is 3.39. The zero-order valence-electron chi connectivity index (χ0n) is 8.94. The summed E-state index contributed by atoms with van der Waals surface area (Å²) >= 11 is 0. The van der Waals surface area contributed by atoms with Crippen molar-refractivity contribution in [1.29, 1.82) is 0 Å². The van der Waals surface area contributed by atoms with Gasteiger partial charge in [-0.1, -0.05) is 6.07 Å². The van der Waals surface area contributed by atoms with E-state index in [2.05, 4.69) is 10.3 Å². The quantitative estimate of drug-likeness (QED) is 0.731. The van der Waals surface area contributed by atoms with E-state index in [4.69, 9.17) is 5.73 Å². The van der Waals surface area contributed by atoms with Crippen LogP contribution in [-0.4, -0.2) is 24.0 Å². The third kappa shape index (κ3) is 3.67. The number of carbonyl (C=O) groups is 1. The van der Waals surface area contributed by atoms with E-state index in [-0.39, 0.29) is 11.8 Å². The smallest absolute Gasteiger partial charge is 0.224 e. The summed E-state index contributed by atoms with van der Waals surface area (Å²) in [4.78, 5) is 15.6. The summed E-state index contributed by atoms with van der Waals surface area (Å²) in [5.41, 5.74) is 6.61. The summed E-state index contributed by atoms with van der Waals surface area (Å²) in [6.45, 7) is 2.90. The average Bonchev–Trinajstić information content (AvgIpc) is 2.27. The van der Waals surface area contributed by atoms with Gasteiger partial charge in [0.2, 0.25) is 5.91 Å². The molecule has 0 saturated heterocycles. The van der Waals surface area contributed by atoms with Crippen molar-refractivity contribution in [3.63, 3.8) is 0 Å². The van der Waals surface area contributed by atoms with Gasteiger partial charge in [0.1, 0.15) is 0 Å². The molecule has 4 nitrogen and oxygen atoms in total. The maximum atomic E-state index is 11.6. The molecule has 0 spiro atoms. The summed E-state index contributed by atoms with van der Waals surface area (Å²) in [6.07, 6.45) is 4.13. The summed E-state index contributed by atoms with van der Waals surface area (Å²) in [5, 5.41) is 2.78. The number of hydrogen-bond donors (Lipinski definition) is 2. The van der Waals surface area contributed by atoms with Gasteiger partial charge in [0.25, 0.3) is 0 Å². The molecule has 4 heteroatoms. The van der Waals surface area contributed by atoms with Crippen LogP contribution in [-0.2, 0) is 11.2 Å². The lowest BCUT2D eigenvalue weighted by atomic mass is 10.00. The van der Waals surface area contributed by atoms with Gasteiger partial charge < -0.3 is 11.1 Å². The van der Waals surface area contributed by atoms with E-state index in [0.717, 1.165) is 5.56 Å². The molecule has 1 heterocycles. The molecule has 1 amide bonds. The second kappa shape index (κ2) is 6.14. The lowest BCUT2D eigenvalue weighted by molar-refractivity contribution is -0.124. The van der Waals surface area contributed by atoms with Gasteiger partial charge in [0.05, 0.1) is 5.92 Å². The minimum atomic E-state index is -0.158. The molecule has 0 aliphatic carbocycles. The zero-order chi connectivity index (χ0) is 11.1. The number of nitrogens with zero attached hydrogens (tertiary/aromatic N) is 1. The molecule has 3 N–H and O–H groups in total. The molecule has 82 valence electrons. The first kappa shape index (κ1) is 11.7. The van der Waals surface area contributed by atoms with Crippen LogP contribution in [0.15, 0.2) is 24.5 Å².